The van der Waals surface area contributed by atoms with Crippen LogP contribution >= 0.6 is 0 Å². The number of carbonyl (C=O) groups is 1. The fourth-order valence-electron chi connectivity index (χ4n) is 3.48. The van der Waals surface area contributed by atoms with Crippen molar-refractivity contribution in [1.29, 1.82) is 0 Å². The van der Waals surface area contributed by atoms with Crippen LogP contribution in [0.1, 0.15) is 24.2 Å². The van der Waals surface area contributed by atoms with Crippen molar-refractivity contribution >= 4 is 28.3 Å². The molecule has 0 atom stereocenters. The molecule has 3 aromatic carbocycles. The third-order valence-corrected chi connectivity index (χ3v) is 5.17. The maximum atomic E-state index is 12.1. The van der Waals surface area contributed by atoms with Crippen molar-refractivity contribution in [2.75, 3.05) is 18.0 Å². The average Bonchev–Trinajstić information content (AvgIpc) is 2.81. The predicted octanol–water partition coefficient (Wildman–Crippen LogP) is 5.40. The van der Waals surface area contributed by atoms with Crippen LogP contribution < -0.4 is 20.9 Å². The number of hydrogen-bond acceptors (Lipinski definition) is 5. The molecule has 0 fully saturated rings. The summed E-state index contributed by atoms with van der Waals surface area (Å²) >= 11 is 0. The highest BCUT2D eigenvalue weighted by Crippen LogP contribution is 2.25. The zero-order valence-electron chi connectivity index (χ0n) is 18.1. The first-order valence-corrected chi connectivity index (χ1v) is 10.6. The summed E-state index contributed by atoms with van der Waals surface area (Å²) in [7, 11) is 0. The number of anilines is 1. The van der Waals surface area contributed by atoms with Crippen LogP contribution in [0.5, 0.6) is 11.5 Å². The van der Waals surface area contributed by atoms with E-state index in [9.17, 15) is 4.79 Å². The lowest BCUT2D eigenvalue weighted by Crippen LogP contribution is -2.22. The van der Waals surface area contributed by atoms with E-state index in [1.54, 1.807) is 18.2 Å². The second-order valence-corrected chi connectivity index (χ2v) is 7.24. The summed E-state index contributed by atoms with van der Waals surface area (Å²) in [5.41, 5.74) is 8.33. The minimum Gasteiger partial charge on any atom is -0.457 e. The molecule has 0 saturated heterocycles. The number of ether oxygens (including phenoxy) is 1. The zero-order chi connectivity index (χ0) is 22.5. The number of benzene rings is 3. The topological polar surface area (TPSA) is 81.1 Å². The van der Waals surface area contributed by atoms with Gasteiger partial charge in [0.1, 0.15) is 22.6 Å². The van der Waals surface area contributed by atoms with Crippen molar-refractivity contribution in [3.8, 4) is 11.5 Å². The fraction of sp³-hybridized carbons (Fsp3) is 0.154. The number of rotatable bonds is 7. The lowest BCUT2D eigenvalue weighted by Gasteiger charge is -2.21. The molecule has 0 aliphatic rings. The normalized spacial score (nSPS) is 11.5. The van der Waals surface area contributed by atoms with Gasteiger partial charge in [-0.25, -0.2) is 4.99 Å². The molecule has 0 radical (unpaired) electrons. The first-order valence-electron chi connectivity index (χ1n) is 10.6. The van der Waals surface area contributed by atoms with Crippen LogP contribution in [0.2, 0.25) is 0 Å². The van der Waals surface area contributed by atoms with Gasteiger partial charge in [0.05, 0.1) is 5.69 Å². The first kappa shape index (κ1) is 21.2. The number of nitrogens with zero attached hydrogens (tertiary/aromatic N) is 2. The van der Waals surface area contributed by atoms with Crippen LogP contribution in [0.4, 0.5) is 11.4 Å². The van der Waals surface area contributed by atoms with E-state index in [0.29, 0.717) is 17.0 Å². The van der Waals surface area contributed by atoms with Crippen LogP contribution in [-0.2, 0) is 0 Å². The molecule has 0 saturated carbocycles. The van der Waals surface area contributed by atoms with Gasteiger partial charge in [0, 0.05) is 30.2 Å². The fourth-order valence-corrected chi connectivity index (χ4v) is 3.48. The number of para-hydroxylation sites is 1. The Labute approximate surface area is 186 Å². The molecule has 0 unspecified atom stereocenters. The van der Waals surface area contributed by atoms with Gasteiger partial charge in [0.25, 0.3) is 5.91 Å². The number of carbonyl (C=O) groups excluding carboxylic acids is 1. The molecule has 6 nitrogen and oxygen atoms in total. The second kappa shape index (κ2) is 9.39. The molecule has 162 valence electrons. The van der Waals surface area contributed by atoms with Crippen LogP contribution in [0.3, 0.4) is 0 Å². The van der Waals surface area contributed by atoms with E-state index in [-0.39, 0.29) is 11.1 Å². The minimum absolute atomic E-state index is 0.179. The summed E-state index contributed by atoms with van der Waals surface area (Å²) < 4.78 is 11.9. The Balaban J connectivity index is 1.72. The van der Waals surface area contributed by atoms with Crippen LogP contribution in [0.25, 0.3) is 11.0 Å². The van der Waals surface area contributed by atoms with Crippen LogP contribution in [-0.4, -0.2) is 19.0 Å². The van der Waals surface area contributed by atoms with E-state index in [1.807, 2.05) is 60.7 Å². The summed E-state index contributed by atoms with van der Waals surface area (Å²) in [5, 5.41) is 0.792. The first-order chi connectivity index (χ1) is 15.6. The monoisotopic (exact) mass is 427 g/mol. The molecule has 0 spiro atoms. The van der Waals surface area contributed by atoms with Crippen LogP contribution in [0.15, 0.2) is 88.3 Å². The van der Waals surface area contributed by atoms with Crippen molar-refractivity contribution in [1.82, 2.24) is 0 Å². The molecule has 0 aliphatic heterocycles. The van der Waals surface area contributed by atoms with Gasteiger partial charge in [-0.3, -0.25) is 4.79 Å². The molecule has 1 amide bonds. The molecule has 32 heavy (non-hydrogen) atoms. The predicted molar refractivity (Wildman–Crippen MR) is 126 cm³/mol. The molecule has 0 bridgehead atoms. The Morgan fingerprint density at radius 3 is 2.28 bits per heavy atom. The van der Waals surface area contributed by atoms with Crippen molar-refractivity contribution in [3.63, 3.8) is 0 Å². The highest BCUT2D eigenvalue weighted by Gasteiger charge is 2.11. The molecule has 0 aliphatic carbocycles. The van der Waals surface area contributed by atoms with Gasteiger partial charge in [-0.1, -0.05) is 18.2 Å². The average molecular weight is 428 g/mol. The SMILES string of the molecule is CCN(CC)c1ccc2cc(C(N)=O)c(=Nc3ccc(Oc4ccccc4)cc3)oc2c1. The molecule has 4 rings (SSSR count). The van der Waals surface area contributed by atoms with E-state index in [1.165, 1.54) is 0 Å². The van der Waals surface area contributed by atoms with E-state index in [2.05, 4.69) is 23.7 Å². The summed E-state index contributed by atoms with van der Waals surface area (Å²) in [6.45, 7) is 5.98. The van der Waals surface area contributed by atoms with Gasteiger partial charge >= 0.3 is 0 Å². The van der Waals surface area contributed by atoms with Gasteiger partial charge in [-0.2, -0.15) is 0 Å². The minimum atomic E-state index is -0.591. The lowest BCUT2D eigenvalue weighted by atomic mass is 10.1. The smallest absolute Gasteiger partial charge is 0.254 e. The third-order valence-electron chi connectivity index (χ3n) is 5.17. The Hall–Kier alpha value is -4.06. The molecule has 1 heterocycles. The number of fused-ring (bicyclic) bond motifs is 1. The lowest BCUT2D eigenvalue weighted by molar-refractivity contribution is 0.0996. The third kappa shape index (κ3) is 4.64. The van der Waals surface area contributed by atoms with Gasteiger partial charge in [0.15, 0.2) is 0 Å². The Morgan fingerprint density at radius 1 is 0.938 bits per heavy atom. The van der Waals surface area contributed by atoms with Gasteiger partial charge < -0.3 is 19.8 Å². The van der Waals surface area contributed by atoms with Crippen molar-refractivity contribution < 1.29 is 13.9 Å². The summed E-state index contributed by atoms with van der Waals surface area (Å²) in [6, 6.07) is 24.4. The Kier molecular flexibility index (Phi) is 6.22. The number of hydrogen-bond donors (Lipinski definition) is 1. The molecule has 2 N–H and O–H groups in total. The van der Waals surface area contributed by atoms with Gasteiger partial charge in [-0.05, 0) is 68.4 Å². The summed E-state index contributed by atoms with van der Waals surface area (Å²) in [6.07, 6.45) is 0. The van der Waals surface area contributed by atoms with E-state index < -0.39 is 5.91 Å². The zero-order valence-corrected chi connectivity index (χ0v) is 18.1. The Bertz CT molecular complexity index is 1290. The molecular weight excluding hydrogens is 402 g/mol. The molecular formula is C26H25N3O3. The molecule has 1 aromatic heterocycles. The highest BCUT2D eigenvalue weighted by atomic mass is 16.5. The van der Waals surface area contributed by atoms with Crippen molar-refractivity contribution in [3.05, 3.63) is 90.0 Å². The molecule has 6 heteroatoms. The standard InChI is InChI=1S/C26H25N3O3/c1-3-29(4-2)20-13-10-18-16-23(25(27)30)26(32-24(18)17-20)28-19-11-14-22(15-12-19)31-21-8-6-5-7-9-21/h5-17H,3-4H2,1-2H3,(H2,27,30). The van der Waals surface area contributed by atoms with Gasteiger partial charge in [0.2, 0.25) is 5.55 Å². The van der Waals surface area contributed by atoms with Gasteiger partial charge in [-0.15, -0.1) is 0 Å². The largest absolute Gasteiger partial charge is 0.457 e. The van der Waals surface area contributed by atoms with Crippen LogP contribution in [0, 0.1) is 0 Å². The summed E-state index contributed by atoms with van der Waals surface area (Å²) in [4.78, 5) is 18.8. The van der Waals surface area contributed by atoms with Crippen molar-refractivity contribution in [2.24, 2.45) is 10.7 Å². The highest BCUT2D eigenvalue weighted by molar-refractivity contribution is 5.95. The van der Waals surface area contributed by atoms with E-state index in [0.717, 1.165) is 29.9 Å². The van der Waals surface area contributed by atoms with E-state index in [4.69, 9.17) is 14.9 Å². The second-order valence-electron chi connectivity index (χ2n) is 7.24. The van der Waals surface area contributed by atoms with Crippen molar-refractivity contribution in [2.45, 2.75) is 13.8 Å². The molecule has 4 aromatic rings. The number of primary amides is 1. The van der Waals surface area contributed by atoms with E-state index >= 15 is 0 Å². The Morgan fingerprint density at radius 2 is 1.62 bits per heavy atom. The summed E-state index contributed by atoms with van der Waals surface area (Å²) in [5.74, 6) is 0.845. The maximum Gasteiger partial charge on any atom is 0.254 e. The maximum absolute atomic E-state index is 12.1. The quantitative estimate of drug-likeness (QED) is 0.428. The number of nitrogens with two attached hydrogens (primary N) is 1. The number of amides is 1.